The minimum absolute atomic E-state index is 0.0123. The van der Waals surface area contributed by atoms with Gasteiger partial charge < -0.3 is 4.42 Å². The molecule has 1 heterocycles. The van der Waals surface area contributed by atoms with Crippen molar-refractivity contribution in [2.45, 2.75) is 6.42 Å². The molecule has 1 aromatic rings. The summed E-state index contributed by atoms with van der Waals surface area (Å²) in [6.45, 7) is 0. The zero-order valence-corrected chi connectivity index (χ0v) is 8.00. The van der Waals surface area contributed by atoms with Crippen LogP contribution in [-0.2, 0) is 9.84 Å². The van der Waals surface area contributed by atoms with Crippen LogP contribution in [0.3, 0.4) is 0 Å². The van der Waals surface area contributed by atoms with Gasteiger partial charge in [-0.15, -0.1) is 0 Å². The summed E-state index contributed by atoms with van der Waals surface area (Å²) in [5.74, 6) is -0.323. The Kier molecular flexibility index (Phi) is 2.87. The first-order valence-corrected chi connectivity index (χ1v) is 5.78. The molecule has 1 aromatic heterocycles. The molecule has 0 atom stereocenters. The molecule has 0 saturated heterocycles. The van der Waals surface area contributed by atoms with E-state index in [4.69, 9.17) is 4.42 Å². The molecule has 13 heavy (non-hydrogen) atoms. The first-order valence-electron chi connectivity index (χ1n) is 3.72. The van der Waals surface area contributed by atoms with E-state index >= 15 is 0 Å². The number of hydrogen-bond acceptors (Lipinski definition) is 4. The summed E-state index contributed by atoms with van der Waals surface area (Å²) in [4.78, 5) is 11.2. The number of carbonyl (C=O) groups excluding carboxylic acids is 1. The molecular weight excluding hydrogens is 192 g/mol. The minimum Gasteiger partial charge on any atom is -0.472 e. The number of Topliss-reactive ketones (excluding diaryl/α,β-unsaturated/α-hetero) is 1. The Labute approximate surface area is 76.5 Å². The number of ketones is 1. The first kappa shape index (κ1) is 9.98. The third-order valence-electron chi connectivity index (χ3n) is 1.54. The molecule has 5 heteroatoms. The fourth-order valence-electron chi connectivity index (χ4n) is 0.846. The topological polar surface area (TPSA) is 64.3 Å². The molecule has 0 aliphatic heterocycles. The van der Waals surface area contributed by atoms with Crippen molar-refractivity contribution in [3.8, 4) is 0 Å². The predicted octanol–water partition coefficient (Wildman–Crippen LogP) is 0.897. The van der Waals surface area contributed by atoms with Crippen LogP contribution in [0.4, 0.5) is 0 Å². The second-order valence-electron chi connectivity index (χ2n) is 2.82. The number of hydrogen-bond donors (Lipinski definition) is 0. The lowest BCUT2D eigenvalue weighted by Gasteiger charge is -1.95. The van der Waals surface area contributed by atoms with Gasteiger partial charge >= 0.3 is 0 Å². The standard InChI is InChI=1S/C8H10O4S/c1-13(10,11)5-3-8(9)7-2-4-12-6-7/h2,4,6H,3,5H2,1H3. The summed E-state index contributed by atoms with van der Waals surface area (Å²) in [5, 5.41) is 0. The highest BCUT2D eigenvalue weighted by atomic mass is 32.2. The maximum absolute atomic E-state index is 11.2. The SMILES string of the molecule is CS(=O)(=O)CCC(=O)c1ccoc1. The Morgan fingerprint density at radius 3 is 2.69 bits per heavy atom. The van der Waals surface area contributed by atoms with Crippen molar-refractivity contribution in [2.24, 2.45) is 0 Å². The molecule has 0 fully saturated rings. The van der Waals surface area contributed by atoms with Crippen molar-refractivity contribution < 1.29 is 17.6 Å². The van der Waals surface area contributed by atoms with E-state index < -0.39 is 9.84 Å². The van der Waals surface area contributed by atoms with Crippen molar-refractivity contribution in [1.82, 2.24) is 0 Å². The molecule has 0 N–H and O–H groups in total. The van der Waals surface area contributed by atoms with E-state index in [1.807, 2.05) is 0 Å². The minimum atomic E-state index is -3.06. The van der Waals surface area contributed by atoms with Gasteiger partial charge in [-0.1, -0.05) is 0 Å². The van der Waals surface area contributed by atoms with Gasteiger partial charge in [0, 0.05) is 12.7 Å². The molecule has 0 saturated carbocycles. The molecule has 0 unspecified atom stereocenters. The van der Waals surface area contributed by atoms with Gasteiger partial charge in [0.15, 0.2) is 5.78 Å². The summed E-state index contributed by atoms with van der Waals surface area (Å²) < 4.78 is 26.2. The van der Waals surface area contributed by atoms with Crippen molar-refractivity contribution in [3.05, 3.63) is 24.2 Å². The van der Waals surface area contributed by atoms with Crippen LogP contribution in [0.25, 0.3) is 0 Å². The molecule has 0 spiro atoms. The summed E-state index contributed by atoms with van der Waals surface area (Å²) in [6, 6.07) is 1.52. The molecule has 0 radical (unpaired) electrons. The molecule has 0 amide bonds. The van der Waals surface area contributed by atoms with E-state index in [-0.39, 0.29) is 18.0 Å². The van der Waals surface area contributed by atoms with Crippen LogP contribution < -0.4 is 0 Å². The lowest BCUT2D eigenvalue weighted by molar-refractivity contribution is 0.0988. The molecule has 0 aromatic carbocycles. The number of carbonyl (C=O) groups is 1. The monoisotopic (exact) mass is 202 g/mol. The van der Waals surface area contributed by atoms with Crippen LogP contribution in [0.1, 0.15) is 16.8 Å². The summed E-state index contributed by atoms with van der Waals surface area (Å²) in [5.41, 5.74) is 0.420. The van der Waals surface area contributed by atoms with Gasteiger partial charge in [-0.3, -0.25) is 4.79 Å². The molecule has 4 nitrogen and oxygen atoms in total. The zero-order valence-electron chi connectivity index (χ0n) is 7.19. The highest BCUT2D eigenvalue weighted by Gasteiger charge is 2.10. The van der Waals surface area contributed by atoms with Gasteiger partial charge in [0.2, 0.25) is 0 Å². The number of sulfone groups is 1. The zero-order chi connectivity index (χ0) is 9.90. The lowest BCUT2D eigenvalue weighted by atomic mass is 10.2. The Balaban J connectivity index is 2.53. The predicted molar refractivity (Wildman–Crippen MR) is 47.4 cm³/mol. The summed E-state index contributed by atoms with van der Waals surface area (Å²) >= 11 is 0. The summed E-state index contributed by atoms with van der Waals surface area (Å²) in [6.07, 6.45) is 3.81. The molecular formula is C8H10O4S. The van der Waals surface area contributed by atoms with Crippen LogP contribution in [0.2, 0.25) is 0 Å². The summed E-state index contributed by atoms with van der Waals surface area (Å²) in [7, 11) is -3.06. The molecule has 0 aliphatic carbocycles. The Hall–Kier alpha value is -1.10. The van der Waals surface area contributed by atoms with Gasteiger partial charge in [0.05, 0.1) is 17.6 Å². The normalized spacial score (nSPS) is 11.5. The van der Waals surface area contributed by atoms with Crippen molar-refractivity contribution >= 4 is 15.6 Å². The van der Waals surface area contributed by atoms with Crippen molar-refractivity contribution in [2.75, 3.05) is 12.0 Å². The van der Waals surface area contributed by atoms with Crippen LogP contribution in [0.5, 0.6) is 0 Å². The second-order valence-corrected chi connectivity index (χ2v) is 5.07. The van der Waals surface area contributed by atoms with Crippen LogP contribution in [-0.4, -0.2) is 26.2 Å². The van der Waals surface area contributed by atoms with E-state index in [0.29, 0.717) is 5.56 Å². The maximum atomic E-state index is 11.2. The van der Waals surface area contributed by atoms with Crippen molar-refractivity contribution in [3.63, 3.8) is 0 Å². The first-order chi connectivity index (χ1) is 5.99. The van der Waals surface area contributed by atoms with E-state index in [1.54, 1.807) is 0 Å². The van der Waals surface area contributed by atoms with E-state index in [1.165, 1.54) is 18.6 Å². The van der Waals surface area contributed by atoms with E-state index in [2.05, 4.69) is 0 Å². The van der Waals surface area contributed by atoms with Gasteiger partial charge in [-0.25, -0.2) is 8.42 Å². The van der Waals surface area contributed by atoms with Crippen LogP contribution in [0.15, 0.2) is 23.0 Å². The molecule has 0 bridgehead atoms. The fraction of sp³-hybridized carbons (Fsp3) is 0.375. The third-order valence-corrected chi connectivity index (χ3v) is 2.49. The van der Waals surface area contributed by atoms with E-state index in [0.717, 1.165) is 6.26 Å². The van der Waals surface area contributed by atoms with Gasteiger partial charge in [-0.05, 0) is 6.07 Å². The largest absolute Gasteiger partial charge is 0.472 e. The Morgan fingerprint density at radius 1 is 1.54 bits per heavy atom. The van der Waals surface area contributed by atoms with Gasteiger partial charge in [0.1, 0.15) is 16.1 Å². The van der Waals surface area contributed by atoms with Gasteiger partial charge in [-0.2, -0.15) is 0 Å². The smallest absolute Gasteiger partial charge is 0.167 e. The average molecular weight is 202 g/mol. The Morgan fingerprint density at radius 2 is 2.23 bits per heavy atom. The highest BCUT2D eigenvalue weighted by molar-refractivity contribution is 7.90. The van der Waals surface area contributed by atoms with Crippen molar-refractivity contribution in [1.29, 1.82) is 0 Å². The Bertz CT molecular complexity index is 374. The maximum Gasteiger partial charge on any atom is 0.167 e. The third kappa shape index (κ3) is 3.42. The molecule has 0 aliphatic rings. The van der Waals surface area contributed by atoms with Crippen LogP contribution in [0, 0.1) is 0 Å². The highest BCUT2D eigenvalue weighted by Crippen LogP contribution is 2.04. The average Bonchev–Trinajstić information content (AvgIpc) is 2.50. The number of furan rings is 1. The molecule has 72 valence electrons. The van der Waals surface area contributed by atoms with E-state index in [9.17, 15) is 13.2 Å². The lowest BCUT2D eigenvalue weighted by Crippen LogP contribution is -2.08. The van der Waals surface area contributed by atoms with Gasteiger partial charge in [0.25, 0.3) is 0 Å². The quantitative estimate of drug-likeness (QED) is 0.680. The molecule has 1 rings (SSSR count). The number of rotatable bonds is 4. The van der Waals surface area contributed by atoms with Crippen LogP contribution >= 0.6 is 0 Å². The second kappa shape index (κ2) is 3.74. The fourth-order valence-corrected chi connectivity index (χ4v) is 1.40.